The van der Waals surface area contributed by atoms with Crippen LogP contribution >= 0.6 is 0 Å². The van der Waals surface area contributed by atoms with Gasteiger partial charge in [0, 0.05) is 5.56 Å². The first-order valence-corrected chi connectivity index (χ1v) is 8.47. The summed E-state index contributed by atoms with van der Waals surface area (Å²) in [7, 11) is 0. The van der Waals surface area contributed by atoms with Crippen molar-refractivity contribution in [1.82, 2.24) is 4.90 Å². The van der Waals surface area contributed by atoms with E-state index in [1.165, 1.54) is 17.4 Å². The van der Waals surface area contributed by atoms with Crippen LogP contribution in [-0.4, -0.2) is 21.7 Å². The van der Waals surface area contributed by atoms with Gasteiger partial charge in [0.2, 0.25) is 0 Å². The highest BCUT2D eigenvalue weighted by atomic mass is 16.3. The summed E-state index contributed by atoms with van der Waals surface area (Å²) < 4.78 is 10.8. The molecule has 1 amide bonds. The van der Waals surface area contributed by atoms with Gasteiger partial charge in [-0.15, -0.1) is 0 Å². The first kappa shape index (κ1) is 16.9. The van der Waals surface area contributed by atoms with Crippen molar-refractivity contribution in [3.05, 3.63) is 89.3 Å². The molecule has 1 atom stereocenters. The van der Waals surface area contributed by atoms with E-state index < -0.39 is 17.7 Å². The molecule has 6 nitrogen and oxygen atoms in total. The number of carbonyl (C=O) groups excluding carboxylic acids is 2. The number of amides is 1. The number of carbonyl (C=O) groups is 2. The second-order valence-corrected chi connectivity index (χ2v) is 6.39. The van der Waals surface area contributed by atoms with Crippen LogP contribution in [0.4, 0.5) is 0 Å². The monoisotopic (exact) mass is 363 g/mol. The van der Waals surface area contributed by atoms with Crippen LogP contribution in [0.5, 0.6) is 0 Å². The van der Waals surface area contributed by atoms with E-state index >= 15 is 0 Å². The highest BCUT2D eigenvalue weighted by molar-refractivity contribution is 6.46. The van der Waals surface area contributed by atoms with E-state index in [4.69, 9.17) is 8.83 Å². The third-order valence-electron chi connectivity index (χ3n) is 4.58. The van der Waals surface area contributed by atoms with Crippen LogP contribution in [0.25, 0.3) is 5.76 Å². The van der Waals surface area contributed by atoms with Crippen LogP contribution in [0.1, 0.15) is 28.7 Å². The Morgan fingerprint density at radius 2 is 1.74 bits per heavy atom. The molecule has 6 heteroatoms. The van der Waals surface area contributed by atoms with E-state index in [-0.39, 0.29) is 17.9 Å². The van der Waals surface area contributed by atoms with Gasteiger partial charge in [0.15, 0.2) is 0 Å². The number of aliphatic hydroxyl groups excluding tert-OH is 1. The molecule has 3 aromatic rings. The van der Waals surface area contributed by atoms with Crippen molar-refractivity contribution in [2.45, 2.75) is 19.5 Å². The predicted octanol–water partition coefficient (Wildman–Crippen LogP) is 3.80. The summed E-state index contributed by atoms with van der Waals surface area (Å²) in [5, 5.41) is 10.8. The lowest BCUT2D eigenvalue weighted by Crippen LogP contribution is -2.28. The number of aryl methyl sites for hydroxylation is 1. The van der Waals surface area contributed by atoms with Crippen molar-refractivity contribution in [3.8, 4) is 0 Å². The standard InChI is InChI=1S/C21H17NO5/c1-13-6-8-14(9-7-13)19(23)17-18(16-5-3-11-27-16)22(21(25)20(17)24)12-15-4-2-10-26-15/h2-11,18,23H,12H2,1H3/b19-17-. The summed E-state index contributed by atoms with van der Waals surface area (Å²) in [5.41, 5.74) is 1.49. The van der Waals surface area contributed by atoms with Gasteiger partial charge in [-0.05, 0) is 31.2 Å². The zero-order valence-electron chi connectivity index (χ0n) is 14.6. The molecule has 1 saturated heterocycles. The largest absolute Gasteiger partial charge is 0.507 e. The van der Waals surface area contributed by atoms with Crippen molar-refractivity contribution in [2.75, 3.05) is 0 Å². The summed E-state index contributed by atoms with van der Waals surface area (Å²) in [6.45, 7) is 2.02. The highest BCUT2D eigenvalue weighted by Crippen LogP contribution is 2.40. The molecular formula is C21H17NO5. The number of hydrogen-bond acceptors (Lipinski definition) is 5. The number of ketones is 1. The Kier molecular flexibility index (Phi) is 4.16. The molecule has 0 bridgehead atoms. The topological polar surface area (TPSA) is 83.9 Å². The van der Waals surface area contributed by atoms with Gasteiger partial charge in [-0.1, -0.05) is 29.8 Å². The third kappa shape index (κ3) is 2.95. The van der Waals surface area contributed by atoms with Gasteiger partial charge >= 0.3 is 0 Å². The quantitative estimate of drug-likeness (QED) is 0.433. The van der Waals surface area contributed by atoms with Gasteiger partial charge in [-0.25, -0.2) is 0 Å². The van der Waals surface area contributed by atoms with Crippen molar-refractivity contribution < 1.29 is 23.5 Å². The number of furan rings is 2. The minimum Gasteiger partial charge on any atom is -0.507 e. The summed E-state index contributed by atoms with van der Waals surface area (Å²) >= 11 is 0. The molecule has 2 aromatic heterocycles. The Bertz CT molecular complexity index is 998. The van der Waals surface area contributed by atoms with E-state index in [9.17, 15) is 14.7 Å². The molecule has 1 aliphatic heterocycles. The molecule has 3 heterocycles. The summed E-state index contributed by atoms with van der Waals surface area (Å²) in [6.07, 6.45) is 2.97. The van der Waals surface area contributed by atoms with Crippen LogP contribution in [0.3, 0.4) is 0 Å². The molecule has 0 saturated carbocycles. The number of likely N-dealkylation sites (tertiary alicyclic amines) is 1. The number of Topliss-reactive ketones (excluding diaryl/α,β-unsaturated/α-hetero) is 1. The van der Waals surface area contributed by atoms with Crippen molar-refractivity contribution >= 4 is 17.4 Å². The molecule has 0 aliphatic carbocycles. The molecule has 136 valence electrons. The first-order chi connectivity index (χ1) is 13.1. The smallest absolute Gasteiger partial charge is 0.296 e. The minimum atomic E-state index is -0.827. The molecule has 1 aliphatic rings. The zero-order valence-corrected chi connectivity index (χ0v) is 14.6. The van der Waals surface area contributed by atoms with Crippen LogP contribution in [0.15, 0.2) is 75.5 Å². The Balaban J connectivity index is 1.83. The average Bonchev–Trinajstić information content (AvgIpc) is 3.40. The van der Waals surface area contributed by atoms with Gasteiger partial charge in [0.05, 0.1) is 24.6 Å². The maximum Gasteiger partial charge on any atom is 0.296 e. The second kappa shape index (κ2) is 6.64. The fourth-order valence-electron chi connectivity index (χ4n) is 3.22. The molecule has 27 heavy (non-hydrogen) atoms. The van der Waals surface area contributed by atoms with Gasteiger partial charge in [-0.3, -0.25) is 9.59 Å². The summed E-state index contributed by atoms with van der Waals surface area (Å²) in [6, 6.07) is 13.0. The van der Waals surface area contributed by atoms with Gasteiger partial charge in [0.1, 0.15) is 23.3 Å². The van der Waals surface area contributed by atoms with Gasteiger partial charge < -0.3 is 18.8 Å². The maximum atomic E-state index is 12.8. The number of hydrogen-bond donors (Lipinski definition) is 1. The molecule has 1 fully saturated rings. The zero-order chi connectivity index (χ0) is 19.0. The average molecular weight is 363 g/mol. The number of nitrogens with zero attached hydrogens (tertiary/aromatic N) is 1. The first-order valence-electron chi connectivity index (χ1n) is 8.47. The van der Waals surface area contributed by atoms with Crippen LogP contribution in [0, 0.1) is 6.92 Å². The minimum absolute atomic E-state index is 0.00496. The van der Waals surface area contributed by atoms with E-state index in [2.05, 4.69) is 0 Å². The SMILES string of the molecule is Cc1ccc(/C(O)=C2/C(=O)C(=O)N(Cc3ccco3)C2c2ccco2)cc1. The lowest BCUT2D eigenvalue weighted by molar-refractivity contribution is -0.140. The van der Waals surface area contributed by atoms with Gasteiger partial charge in [0.25, 0.3) is 11.7 Å². The molecule has 1 N–H and O–H groups in total. The summed E-state index contributed by atoms with van der Waals surface area (Å²) in [4.78, 5) is 26.8. The Hall–Kier alpha value is -3.54. The van der Waals surface area contributed by atoms with Gasteiger partial charge in [-0.2, -0.15) is 0 Å². The lowest BCUT2D eigenvalue weighted by Gasteiger charge is -2.22. The van der Waals surface area contributed by atoms with E-state index in [1.54, 1.807) is 36.4 Å². The lowest BCUT2D eigenvalue weighted by atomic mass is 9.99. The normalized spacial score (nSPS) is 19.0. The molecule has 4 rings (SSSR count). The van der Waals surface area contributed by atoms with Crippen molar-refractivity contribution in [1.29, 1.82) is 0 Å². The van der Waals surface area contributed by atoms with Crippen LogP contribution in [0.2, 0.25) is 0 Å². The van der Waals surface area contributed by atoms with E-state index in [1.807, 2.05) is 19.1 Å². The maximum absolute atomic E-state index is 12.8. The summed E-state index contributed by atoms with van der Waals surface area (Å²) in [5.74, 6) is -0.752. The fourth-order valence-corrected chi connectivity index (χ4v) is 3.22. The van der Waals surface area contributed by atoms with Crippen molar-refractivity contribution in [3.63, 3.8) is 0 Å². The molecule has 1 unspecified atom stereocenters. The Labute approximate surface area is 155 Å². The van der Waals surface area contributed by atoms with E-state index in [0.29, 0.717) is 17.1 Å². The number of rotatable bonds is 4. The Morgan fingerprint density at radius 1 is 1.04 bits per heavy atom. The highest BCUT2D eigenvalue weighted by Gasteiger charge is 2.47. The number of benzene rings is 1. The third-order valence-corrected chi connectivity index (χ3v) is 4.58. The Morgan fingerprint density at radius 3 is 2.37 bits per heavy atom. The molecule has 0 radical (unpaired) electrons. The molecular weight excluding hydrogens is 346 g/mol. The molecule has 0 spiro atoms. The fraction of sp³-hybridized carbons (Fsp3) is 0.143. The van der Waals surface area contributed by atoms with E-state index in [0.717, 1.165) is 5.56 Å². The second-order valence-electron chi connectivity index (χ2n) is 6.39. The molecule has 1 aromatic carbocycles. The number of aliphatic hydroxyl groups is 1. The van der Waals surface area contributed by atoms with Crippen molar-refractivity contribution in [2.24, 2.45) is 0 Å². The van der Waals surface area contributed by atoms with Crippen LogP contribution < -0.4 is 0 Å². The van der Waals surface area contributed by atoms with Crippen LogP contribution in [-0.2, 0) is 16.1 Å². The predicted molar refractivity (Wildman–Crippen MR) is 96.4 cm³/mol.